The van der Waals surface area contributed by atoms with E-state index in [9.17, 15) is 14.7 Å². The minimum atomic E-state index is -0.917. The van der Waals surface area contributed by atoms with E-state index >= 15 is 0 Å². The Hall–Kier alpha value is -2.57. The third-order valence-electron chi connectivity index (χ3n) is 3.48. The van der Waals surface area contributed by atoms with Crippen LogP contribution in [0.2, 0.25) is 0 Å². The number of carboxylic acid groups (broad SMARTS) is 1. The van der Waals surface area contributed by atoms with E-state index in [0.29, 0.717) is 28.7 Å². The van der Waals surface area contributed by atoms with Crippen LogP contribution in [0, 0.1) is 0 Å². The number of carboxylic acids is 1. The quantitative estimate of drug-likeness (QED) is 0.813. The van der Waals surface area contributed by atoms with Crippen LogP contribution in [-0.2, 0) is 9.53 Å². The molecule has 0 spiro atoms. The van der Waals surface area contributed by atoms with Gasteiger partial charge in [-0.1, -0.05) is 6.92 Å². The fourth-order valence-electron chi connectivity index (χ4n) is 2.39. The Morgan fingerprint density at radius 1 is 1.52 bits per heavy atom. The van der Waals surface area contributed by atoms with Crippen molar-refractivity contribution in [1.29, 1.82) is 0 Å². The van der Waals surface area contributed by atoms with Crippen LogP contribution in [0.25, 0.3) is 11.0 Å². The van der Waals surface area contributed by atoms with E-state index in [1.807, 2.05) is 0 Å². The van der Waals surface area contributed by atoms with E-state index in [4.69, 9.17) is 4.74 Å². The molecule has 21 heavy (non-hydrogen) atoms. The van der Waals surface area contributed by atoms with Crippen LogP contribution in [-0.4, -0.2) is 47.2 Å². The van der Waals surface area contributed by atoms with Crippen molar-refractivity contribution in [1.82, 2.24) is 9.97 Å². The van der Waals surface area contributed by atoms with Gasteiger partial charge in [0.25, 0.3) is 0 Å². The van der Waals surface area contributed by atoms with Gasteiger partial charge in [-0.25, -0.2) is 14.6 Å². The van der Waals surface area contributed by atoms with Gasteiger partial charge in [0, 0.05) is 19.4 Å². The highest BCUT2D eigenvalue weighted by molar-refractivity contribution is 6.08. The summed E-state index contributed by atoms with van der Waals surface area (Å²) in [6.07, 6.45) is 3.52. The predicted octanol–water partition coefficient (Wildman–Crippen LogP) is 1.65. The van der Waals surface area contributed by atoms with E-state index in [0.717, 1.165) is 0 Å². The lowest BCUT2D eigenvalue weighted by molar-refractivity contribution is -0.138. The SMILES string of the molecule is CC[C@H](C(=O)O)N(C)c1ccnc2[nH]cc(C(=O)OC)c12. The molecular formula is C14H17N3O4. The number of pyridine rings is 1. The minimum Gasteiger partial charge on any atom is -0.480 e. The molecule has 2 aromatic rings. The van der Waals surface area contributed by atoms with Gasteiger partial charge in [-0.2, -0.15) is 0 Å². The first-order chi connectivity index (χ1) is 10.0. The third kappa shape index (κ3) is 2.54. The summed E-state index contributed by atoms with van der Waals surface area (Å²) < 4.78 is 4.75. The lowest BCUT2D eigenvalue weighted by Gasteiger charge is -2.26. The van der Waals surface area contributed by atoms with Gasteiger partial charge in [-0.05, 0) is 12.5 Å². The number of nitrogens with zero attached hydrogens (tertiary/aromatic N) is 2. The molecule has 0 amide bonds. The molecule has 0 unspecified atom stereocenters. The van der Waals surface area contributed by atoms with Crippen molar-refractivity contribution < 1.29 is 19.4 Å². The van der Waals surface area contributed by atoms with Crippen molar-refractivity contribution >= 4 is 28.7 Å². The Kier molecular flexibility index (Phi) is 4.11. The van der Waals surface area contributed by atoms with Gasteiger partial charge in [0.2, 0.25) is 0 Å². The number of carbonyl (C=O) groups is 2. The number of aromatic amines is 1. The Labute approximate surface area is 121 Å². The topological polar surface area (TPSA) is 95.5 Å². The third-order valence-corrected chi connectivity index (χ3v) is 3.48. The first-order valence-electron chi connectivity index (χ1n) is 6.51. The van der Waals surface area contributed by atoms with Gasteiger partial charge >= 0.3 is 11.9 Å². The Bertz CT molecular complexity index is 680. The van der Waals surface area contributed by atoms with Crippen molar-refractivity contribution in [2.24, 2.45) is 0 Å². The average molecular weight is 291 g/mol. The number of rotatable bonds is 5. The van der Waals surface area contributed by atoms with Gasteiger partial charge in [0.05, 0.1) is 23.7 Å². The molecule has 0 aliphatic heterocycles. The molecule has 2 rings (SSSR count). The molecule has 0 aromatic carbocycles. The highest BCUT2D eigenvalue weighted by Gasteiger charge is 2.25. The number of aliphatic carboxylic acids is 1. The number of anilines is 1. The van der Waals surface area contributed by atoms with Gasteiger partial charge < -0.3 is 19.7 Å². The van der Waals surface area contributed by atoms with Crippen molar-refractivity contribution in [2.45, 2.75) is 19.4 Å². The van der Waals surface area contributed by atoms with E-state index < -0.39 is 18.0 Å². The summed E-state index contributed by atoms with van der Waals surface area (Å²) in [5.41, 5.74) is 1.47. The number of aromatic nitrogens is 2. The molecule has 0 aliphatic rings. The Balaban J connectivity index is 2.60. The molecule has 0 bridgehead atoms. The zero-order chi connectivity index (χ0) is 15.6. The Morgan fingerprint density at radius 2 is 2.24 bits per heavy atom. The van der Waals surface area contributed by atoms with Crippen LogP contribution in [0.4, 0.5) is 5.69 Å². The monoisotopic (exact) mass is 291 g/mol. The lowest BCUT2D eigenvalue weighted by atomic mass is 10.1. The summed E-state index contributed by atoms with van der Waals surface area (Å²) >= 11 is 0. The number of H-pyrrole nitrogens is 1. The second-order valence-corrected chi connectivity index (χ2v) is 4.62. The summed E-state index contributed by atoms with van der Waals surface area (Å²) in [5.74, 6) is -1.41. The van der Waals surface area contributed by atoms with E-state index in [2.05, 4.69) is 9.97 Å². The van der Waals surface area contributed by atoms with E-state index in [-0.39, 0.29) is 0 Å². The van der Waals surface area contributed by atoms with Gasteiger partial charge in [-0.3, -0.25) is 0 Å². The van der Waals surface area contributed by atoms with Gasteiger partial charge in [-0.15, -0.1) is 0 Å². The maximum absolute atomic E-state index is 11.8. The predicted molar refractivity (Wildman–Crippen MR) is 77.6 cm³/mol. The number of methoxy groups -OCH3 is 1. The highest BCUT2D eigenvalue weighted by Crippen LogP contribution is 2.29. The fraction of sp³-hybridized carbons (Fsp3) is 0.357. The zero-order valence-corrected chi connectivity index (χ0v) is 12.1. The van der Waals surface area contributed by atoms with Crippen molar-refractivity contribution in [3.05, 3.63) is 24.0 Å². The van der Waals surface area contributed by atoms with Gasteiger partial charge in [0.15, 0.2) is 0 Å². The van der Waals surface area contributed by atoms with Gasteiger partial charge in [0.1, 0.15) is 11.7 Å². The first-order valence-corrected chi connectivity index (χ1v) is 6.51. The number of hydrogen-bond acceptors (Lipinski definition) is 5. The molecule has 112 valence electrons. The van der Waals surface area contributed by atoms with Crippen LogP contribution < -0.4 is 4.90 Å². The summed E-state index contributed by atoms with van der Waals surface area (Å²) in [7, 11) is 2.98. The molecule has 0 saturated carbocycles. The summed E-state index contributed by atoms with van der Waals surface area (Å²) in [6.45, 7) is 1.80. The van der Waals surface area contributed by atoms with E-state index in [1.54, 1.807) is 31.1 Å². The summed E-state index contributed by atoms with van der Waals surface area (Å²) in [6, 6.07) is 1.00. The number of nitrogens with one attached hydrogen (secondary N) is 1. The van der Waals surface area contributed by atoms with Crippen LogP contribution >= 0.6 is 0 Å². The van der Waals surface area contributed by atoms with Crippen LogP contribution in [0.1, 0.15) is 23.7 Å². The number of carbonyl (C=O) groups excluding carboxylic acids is 1. The fourth-order valence-corrected chi connectivity index (χ4v) is 2.39. The Morgan fingerprint density at radius 3 is 2.81 bits per heavy atom. The summed E-state index contributed by atoms with van der Waals surface area (Å²) in [4.78, 5) is 31.9. The molecule has 0 radical (unpaired) electrons. The maximum atomic E-state index is 11.8. The minimum absolute atomic E-state index is 0.336. The molecular weight excluding hydrogens is 274 g/mol. The normalized spacial score (nSPS) is 12.1. The molecule has 0 saturated heterocycles. The van der Waals surface area contributed by atoms with Crippen molar-refractivity contribution in [3.8, 4) is 0 Å². The molecule has 7 nitrogen and oxygen atoms in total. The number of hydrogen-bond donors (Lipinski definition) is 2. The number of likely N-dealkylation sites (N-methyl/N-ethyl adjacent to an activating group) is 1. The summed E-state index contributed by atoms with van der Waals surface area (Å²) in [5, 5.41) is 9.86. The second kappa shape index (κ2) is 5.82. The molecule has 7 heteroatoms. The van der Waals surface area contributed by atoms with Crippen molar-refractivity contribution in [3.63, 3.8) is 0 Å². The smallest absolute Gasteiger partial charge is 0.340 e. The molecule has 0 aliphatic carbocycles. The molecule has 0 fully saturated rings. The number of fused-ring (bicyclic) bond motifs is 1. The largest absolute Gasteiger partial charge is 0.480 e. The molecule has 1 atom stereocenters. The molecule has 2 N–H and O–H groups in total. The standard InChI is InChI=1S/C14H17N3O4/c1-4-9(13(18)19)17(2)10-5-6-15-12-11(10)8(7-16-12)14(20)21-3/h5-7,9H,4H2,1-3H3,(H,15,16)(H,18,19)/t9-/m1/s1. The number of ether oxygens (including phenoxy) is 1. The van der Waals surface area contributed by atoms with Crippen LogP contribution in [0.15, 0.2) is 18.5 Å². The maximum Gasteiger partial charge on any atom is 0.340 e. The molecule has 2 aromatic heterocycles. The van der Waals surface area contributed by atoms with Crippen molar-refractivity contribution in [2.75, 3.05) is 19.1 Å². The average Bonchev–Trinajstić information content (AvgIpc) is 2.90. The highest BCUT2D eigenvalue weighted by atomic mass is 16.5. The second-order valence-electron chi connectivity index (χ2n) is 4.62. The van der Waals surface area contributed by atoms with Crippen LogP contribution in [0.3, 0.4) is 0 Å². The van der Waals surface area contributed by atoms with Crippen LogP contribution in [0.5, 0.6) is 0 Å². The molecule has 2 heterocycles. The first kappa shape index (κ1) is 14.8. The number of esters is 1. The lowest BCUT2D eigenvalue weighted by Crippen LogP contribution is -2.38. The zero-order valence-electron chi connectivity index (χ0n) is 12.1. The van der Waals surface area contributed by atoms with E-state index in [1.165, 1.54) is 13.3 Å².